The number of aromatic amines is 1. The molecule has 0 amide bonds. The van der Waals surface area contributed by atoms with E-state index in [0.717, 1.165) is 25.7 Å². The van der Waals surface area contributed by atoms with Crippen LogP contribution in [0.3, 0.4) is 0 Å². The van der Waals surface area contributed by atoms with Crippen molar-refractivity contribution in [2.45, 2.75) is 64.7 Å². The average Bonchev–Trinajstić information content (AvgIpc) is 2.58. The normalized spacial score (nSPS) is 10.4. The highest BCUT2D eigenvalue weighted by atomic mass is 16.5. The predicted octanol–water partition coefficient (Wildman–Crippen LogP) is 3.78. The third-order valence-corrected chi connectivity index (χ3v) is 3.76. The summed E-state index contributed by atoms with van der Waals surface area (Å²) in [5.41, 5.74) is 0.262. The first-order valence-electron chi connectivity index (χ1n) is 9.10. The van der Waals surface area contributed by atoms with Crippen molar-refractivity contribution in [3.63, 3.8) is 0 Å². The lowest BCUT2D eigenvalue weighted by molar-refractivity contribution is -0.139. The molecule has 0 aliphatic heterocycles. The maximum atomic E-state index is 11.2. The molecule has 0 saturated carbocycles. The Bertz CT molecular complexity index is 569. The molecule has 1 heterocycles. The van der Waals surface area contributed by atoms with Crippen LogP contribution in [0.5, 0.6) is 6.01 Å². The average molecular weight is 350 g/mol. The van der Waals surface area contributed by atoms with E-state index in [1.54, 1.807) is 6.92 Å². The van der Waals surface area contributed by atoms with Gasteiger partial charge < -0.3 is 9.47 Å². The minimum absolute atomic E-state index is 0.195. The Morgan fingerprint density at radius 3 is 2.16 bits per heavy atom. The number of rotatable bonds is 14. The van der Waals surface area contributed by atoms with Crippen molar-refractivity contribution in [2.24, 2.45) is 0 Å². The van der Waals surface area contributed by atoms with Crippen LogP contribution in [0, 0.1) is 0 Å². The number of nitrogens with one attached hydrogen (secondary N) is 1. The van der Waals surface area contributed by atoms with Crippen LogP contribution in [0.25, 0.3) is 0 Å². The van der Waals surface area contributed by atoms with Crippen LogP contribution in [0.2, 0.25) is 0 Å². The molecule has 0 fully saturated rings. The molecular weight excluding hydrogens is 320 g/mol. The Kier molecular flexibility index (Phi) is 11.1. The van der Waals surface area contributed by atoms with Gasteiger partial charge in [0, 0.05) is 17.8 Å². The maximum absolute atomic E-state index is 11.2. The number of nitrogens with zero attached hydrogens (tertiary/aromatic N) is 1. The Hall–Kier alpha value is -2.11. The van der Waals surface area contributed by atoms with Crippen molar-refractivity contribution in [3.05, 3.63) is 34.8 Å². The summed E-state index contributed by atoms with van der Waals surface area (Å²) in [7, 11) is 0. The lowest BCUT2D eigenvalue weighted by Gasteiger charge is -2.05. The number of H-pyrrole nitrogens is 1. The summed E-state index contributed by atoms with van der Waals surface area (Å²) in [6.07, 6.45) is 11.6. The van der Waals surface area contributed by atoms with Crippen molar-refractivity contribution in [1.82, 2.24) is 9.97 Å². The van der Waals surface area contributed by atoms with Crippen LogP contribution >= 0.6 is 0 Å². The molecule has 1 aromatic heterocycles. The summed E-state index contributed by atoms with van der Waals surface area (Å²) in [6, 6.07) is 1.66. The zero-order valence-electron chi connectivity index (χ0n) is 15.2. The van der Waals surface area contributed by atoms with Gasteiger partial charge in [-0.1, -0.05) is 51.5 Å². The van der Waals surface area contributed by atoms with E-state index in [9.17, 15) is 9.59 Å². The molecule has 0 bridgehead atoms. The van der Waals surface area contributed by atoms with Gasteiger partial charge in [0.25, 0.3) is 11.6 Å². The standard InChI is InChI=1S/C19H30N2O4/c1-16(2)18(23)24-14-10-8-6-4-3-5-7-9-11-15-25-19-20-13-12-17(22)21-19/h12-13H,1,3-11,14-15H2,2H3,(H,20,21,22). The van der Waals surface area contributed by atoms with Gasteiger partial charge in [0.15, 0.2) is 0 Å². The number of unbranched alkanes of at least 4 members (excludes halogenated alkanes) is 8. The fourth-order valence-corrected chi connectivity index (χ4v) is 2.32. The molecule has 0 aromatic carbocycles. The van der Waals surface area contributed by atoms with Gasteiger partial charge in [-0.15, -0.1) is 0 Å². The van der Waals surface area contributed by atoms with Crippen LogP contribution in [0.1, 0.15) is 64.7 Å². The zero-order chi connectivity index (χ0) is 18.3. The van der Waals surface area contributed by atoms with Gasteiger partial charge in [-0.25, -0.2) is 9.78 Å². The molecule has 25 heavy (non-hydrogen) atoms. The second kappa shape index (κ2) is 13.2. The molecule has 1 rings (SSSR count). The Morgan fingerprint density at radius 2 is 1.60 bits per heavy atom. The number of hydrogen-bond acceptors (Lipinski definition) is 5. The van der Waals surface area contributed by atoms with E-state index in [0.29, 0.717) is 24.8 Å². The predicted molar refractivity (Wildman–Crippen MR) is 97.7 cm³/mol. The van der Waals surface area contributed by atoms with Gasteiger partial charge >= 0.3 is 5.97 Å². The number of carbonyl (C=O) groups is 1. The number of aromatic nitrogens is 2. The highest BCUT2D eigenvalue weighted by Crippen LogP contribution is 2.10. The fourth-order valence-electron chi connectivity index (χ4n) is 2.32. The highest BCUT2D eigenvalue weighted by Gasteiger charge is 2.01. The Morgan fingerprint density at radius 1 is 1.04 bits per heavy atom. The van der Waals surface area contributed by atoms with Crippen LogP contribution in [-0.4, -0.2) is 29.2 Å². The molecule has 140 valence electrons. The van der Waals surface area contributed by atoms with Crippen molar-refractivity contribution in [3.8, 4) is 6.01 Å². The summed E-state index contributed by atoms with van der Waals surface area (Å²) < 4.78 is 10.4. The maximum Gasteiger partial charge on any atom is 0.333 e. The van der Waals surface area contributed by atoms with E-state index in [-0.39, 0.29) is 11.5 Å². The van der Waals surface area contributed by atoms with Gasteiger partial charge in [0.2, 0.25) is 0 Å². The Balaban J connectivity index is 1.82. The van der Waals surface area contributed by atoms with Crippen LogP contribution in [-0.2, 0) is 9.53 Å². The first kappa shape index (κ1) is 20.9. The second-order valence-corrected chi connectivity index (χ2v) is 6.19. The molecule has 1 aromatic rings. The minimum atomic E-state index is -0.293. The van der Waals surface area contributed by atoms with Crippen molar-refractivity contribution < 1.29 is 14.3 Å². The number of esters is 1. The number of hydrogen-bond donors (Lipinski definition) is 1. The van der Waals surface area contributed by atoms with E-state index in [2.05, 4.69) is 16.5 Å². The molecule has 1 N–H and O–H groups in total. The van der Waals surface area contributed by atoms with Gasteiger partial charge in [0.05, 0.1) is 13.2 Å². The largest absolute Gasteiger partial charge is 0.465 e. The lowest BCUT2D eigenvalue weighted by Crippen LogP contribution is -2.09. The van der Waals surface area contributed by atoms with Crippen molar-refractivity contribution >= 4 is 5.97 Å². The minimum Gasteiger partial charge on any atom is -0.465 e. The second-order valence-electron chi connectivity index (χ2n) is 6.19. The van der Waals surface area contributed by atoms with E-state index in [4.69, 9.17) is 9.47 Å². The molecule has 0 atom stereocenters. The first-order valence-corrected chi connectivity index (χ1v) is 9.10. The van der Waals surface area contributed by atoms with Gasteiger partial charge in [-0.3, -0.25) is 9.78 Å². The topological polar surface area (TPSA) is 81.3 Å². The molecular formula is C19H30N2O4. The third-order valence-electron chi connectivity index (χ3n) is 3.76. The first-order chi connectivity index (χ1) is 12.1. The molecule has 0 unspecified atom stereocenters. The molecule has 0 aliphatic carbocycles. The van der Waals surface area contributed by atoms with E-state index >= 15 is 0 Å². The molecule has 0 saturated heterocycles. The monoisotopic (exact) mass is 350 g/mol. The third kappa shape index (κ3) is 11.1. The van der Waals surface area contributed by atoms with Crippen LogP contribution in [0.4, 0.5) is 0 Å². The van der Waals surface area contributed by atoms with Crippen LogP contribution in [0.15, 0.2) is 29.2 Å². The van der Waals surface area contributed by atoms with Crippen molar-refractivity contribution in [2.75, 3.05) is 13.2 Å². The quantitative estimate of drug-likeness (QED) is 0.314. The molecule has 0 radical (unpaired) electrons. The zero-order valence-corrected chi connectivity index (χ0v) is 15.2. The van der Waals surface area contributed by atoms with Gasteiger partial charge in [-0.05, 0) is 19.8 Å². The highest BCUT2D eigenvalue weighted by molar-refractivity contribution is 5.86. The molecule has 0 aliphatic rings. The van der Waals surface area contributed by atoms with Crippen molar-refractivity contribution in [1.29, 1.82) is 0 Å². The molecule has 6 nitrogen and oxygen atoms in total. The summed E-state index contributed by atoms with van der Waals surface area (Å²) in [5, 5.41) is 0. The van der Waals surface area contributed by atoms with E-state index < -0.39 is 0 Å². The summed E-state index contributed by atoms with van der Waals surface area (Å²) in [4.78, 5) is 28.7. The smallest absolute Gasteiger partial charge is 0.333 e. The van der Waals surface area contributed by atoms with E-state index in [1.165, 1.54) is 44.4 Å². The van der Waals surface area contributed by atoms with Crippen LogP contribution < -0.4 is 10.3 Å². The molecule has 0 spiro atoms. The SMILES string of the molecule is C=C(C)C(=O)OCCCCCCCCCCCOc1nccc(=O)[nH]1. The lowest BCUT2D eigenvalue weighted by atomic mass is 10.1. The van der Waals surface area contributed by atoms with E-state index in [1.807, 2.05) is 0 Å². The van der Waals surface area contributed by atoms with Gasteiger partial charge in [0.1, 0.15) is 0 Å². The van der Waals surface area contributed by atoms with Gasteiger partial charge in [-0.2, -0.15) is 0 Å². The number of ether oxygens (including phenoxy) is 2. The summed E-state index contributed by atoms with van der Waals surface area (Å²) in [5.74, 6) is -0.293. The fraction of sp³-hybridized carbons (Fsp3) is 0.632. The summed E-state index contributed by atoms with van der Waals surface area (Å²) in [6.45, 7) is 6.28. The summed E-state index contributed by atoms with van der Waals surface area (Å²) >= 11 is 0. The Labute approximate surface area is 149 Å². The number of carbonyl (C=O) groups excluding carboxylic acids is 1. The molecule has 6 heteroatoms.